The van der Waals surface area contributed by atoms with Crippen LogP contribution in [0, 0.1) is 0 Å². The molecular formula is C20H30N2O3. The molecule has 5 nitrogen and oxygen atoms in total. The van der Waals surface area contributed by atoms with E-state index < -0.39 is 0 Å². The van der Waals surface area contributed by atoms with Gasteiger partial charge in [0.15, 0.2) is 0 Å². The average molecular weight is 346 g/mol. The molecule has 1 saturated heterocycles. The van der Waals surface area contributed by atoms with Crippen molar-refractivity contribution in [2.24, 2.45) is 0 Å². The van der Waals surface area contributed by atoms with E-state index in [1.54, 1.807) is 14.2 Å². The van der Waals surface area contributed by atoms with Crippen LogP contribution in [0.15, 0.2) is 18.2 Å². The molecule has 1 amide bonds. The molecular weight excluding hydrogens is 316 g/mol. The maximum absolute atomic E-state index is 12.5. The molecule has 3 rings (SSSR count). The summed E-state index contributed by atoms with van der Waals surface area (Å²) in [6.07, 6.45) is 8.19. The Labute approximate surface area is 150 Å². The highest BCUT2D eigenvalue weighted by atomic mass is 16.5. The van der Waals surface area contributed by atoms with Crippen LogP contribution in [0.25, 0.3) is 0 Å². The van der Waals surface area contributed by atoms with Crippen molar-refractivity contribution in [2.45, 2.75) is 57.0 Å². The molecule has 138 valence electrons. The number of amides is 1. The van der Waals surface area contributed by atoms with Crippen LogP contribution in [0.2, 0.25) is 0 Å². The van der Waals surface area contributed by atoms with Crippen LogP contribution >= 0.6 is 0 Å². The number of benzene rings is 1. The summed E-state index contributed by atoms with van der Waals surface area (Å²) in [5.41, 5.74) is 1.14. The van der Waals surface area contributed by atoms with Gasteiger partial charge in [0.05, 0.1) is 20.8 Å². The summed E-state index contributed by atoms with van der Waals surface area (Å²) in [6, 6.07) is 6.57. The predicted octanol–water partition coefficient (Wildman–Crippen LogP) is 3.29. The third-order valence-corrected chi connectivity index (χ3v) is 5.48. The summed E-state index contributed by atoms with van der Waals surface area (Å²) in [7, 11) is 3.35. The molecule has 0 aromatic heterocycles. The molecule has 1 saturated carbocycles. The van der Waals surface area contributed by atoms with E-state index in [0.717, 1.165) is 49.3 Å². The highest BCUT2D eigenvalue weighted by Crippen LogP contribution is 2.38. The lowest BCUT2D eigenvalue weighted by Crippen LogP contribution is -2.42. The summed E-state index contributed by atoms with van der Waals surface area (Å²) < 4.78 is 10.9. The van der Waals surface area contributed by atoms with Crippen molar-refractivity contribution in [1.82, 2.24) is 10.2 Å². The van der Waals surface area contributed by atoms with Gasteiger partial charge in [0.1, 0.15) is 11.5 Å². The molecule has 0 bridgehead atoms. The first-order chi connectivity index (χ1) is 12.2. The molecule has 0 spiro atoms. The molecule has 1 N–H and O–H groups in total. The van der Waals surface area contributed by atoms with E-state index in [4.69, 9.17) is 9.47 Å². The summed E-state index contributed by atoms with van der Waals surface area (Å²) in [5.74, 6) is 1.79. The van der Waals surface area contributed by atoms with Gasteiger partial charge in [0.25, 0.3) is 0 Å². The van der Waals surface area contributed by atoms with E-state index in [9.17, 15) is 4.79 Å². The van der Waals surface area contributed by atoms with Gasteiger partial charge in [0, 0.05) is 23.7 Å². The number of carbonyl (C=O) groups is 1. The Hall–Kier alpha value is -1.75. The number of hydrogen-bond donors (Lipinski definition) is 1. The third-order valence-electron chi connectivity index (χ3n) is 5.48. The van der Waals surface area contributed by atoms with Gasteiger partial charge in [0.2, 0.25) is 5.91 Å². The number of carbonyl (C=O) groups excluding carboxylic acids is 1. The van der Waals surface area contributed by atoms with Crippen LogP contribution < -0.4 is 14.8 Å². The summed E-state index contributed by atoms with van der Waals surface area (Å²) in [5, 5.41) is 3.23. The molecule has 0 radical (unpaired) electrons. The van der Waals surface area contributed by atoms with E-state index in [1.165, 1.54) is 19.3 Å². The smallest absolute Gasteiger partial charge is 0.234 e. The van der Waals surface area contributed by atoms with Crippen LogP contribution in [-0.4, -0.2) is 44.2 Å². The second-order valence-corrected chi connectivity index (χ2v) is 7.14. The van der Waals surface area contributed by atoms with Gasteiger partial charge in [-0.25, -0.2) is 0 Å². The van der Waals surface area contributed by atoms with Gasteiger partial charge in [-0.3, -0.25) is 9.69 Å². The van der Waals surface area contributed by atoms with E-state index >= 15 is 0 Å². The standard InChI is InChI=1S/C20H30N2O3/c1-24-16-10-11-17(19(13-16)25-2)18-9-6-12-22(18)14-20(23)21-15-7-4-3-5-8-15/h10-11,13,15,18H,3-9,12,14H2,1-2H3,(H,21,23). The first-order valence-electron chi connectivity index (χ1n) is 9.46. The van der Waals surface area contributed by atoms with Crippen molar-refractivity contribution in [3.05, 3.63) is 23.8 Å². The Morgan fingerprint density at radius 2 is 1.92 bits per heavy atom. The minimum atomic E-state index is 0.159. The second kappa shape index (κ2) is 8.56. The maximum Gasteiger partial charge on any atom is 0.234 e. The first kappa shape index (κ1) is 18.1. The van der Waals surface area contributed by atoms with Crippen LogP contribution in [0.1, 0.15) is 56.6 Å². The number of methoxy groups -OCH3 is 2. The van der Waals surface area contributed by atoms with Crippen LogP contribution in [0.3, 0.4) is 0 Å². The first-order valence-corrected chi connectivity index (χ1v) is 9.46. The maximum atomic E-state index is 12.5. The quantitative estimate of drug-likeness (QED) is 0.859. The molecule has 25 heavy (non-hydrogen) atoms. The minimum absolute atomic E-state index is 0.159. The zero-order valence-electron chi connectivity index (χ0n) is 15.4. The average Bonchev–Trinajstić information content (AvgIpc) is 3.09. The fourth-order valence-corrected chi connectivity index (χ4v) is 4.17. The van der Waals surface area contributed by atoms with Gasteiger partial charge >= 0.3 is 0 Å². The summed E-state index contributed by atoms with van der Waals surface area (Å²) in [4.78, 5) is 14.8. The number of ether oxygens (including phenoxy) is 2. The number of nitrogens with zero attached hydrogens (tertiary/aromatic N) is 1. The van der Waals surface area contributed by atoms with Gasteiger partial charge in [-0.1, -0.05) is 25.3 Å². The Morgan fingerprint density at radius 3 is 2.64 bits per heavy atom. The topological polar surface area (TPSA) is 50.8 Å². The third kappa shape index (κ3) is 4.46. The Bertz CT molecular complexity index is 584. The van der Waals surface area contributed by atoms with Crippen molar-refractivity contribution < 1.29 is 14.3 Å². The second-order valence-electron chi connectivity index (χ2n) is 7.14. The van der Waals surface area contributed by atoms with Gasteiger partial charge < -0.3 is 14.8 Å². The predicted molar refractivity (Wildman–Crippen MR) is 98.1 cm³/mol. The fraction of sp³-hybridized carbons (Fsp3) is 0.650. The largest absolute Gasteiger partial charge is 0.497 e. The van der Waals surface area contributed by atoms with Crippen molar-refractivity contribution in [2.75, 3.05) is 27.3 Å². The van der Waals surface area contributed by atoms with Gasteiger partial charge in [-0.15, -0.1) is 0 Å². The van der Waals surface area contributed by atoms with Crippen LogP contribution in [-0.2, 0) is 4.79 Å². The van der Waals surface area contributed by atoms with E-state index in [-0.39, 0.29) is 11.9 Å². The van der Waals surface area contributed by atoms with Gasteiger partial charge in [-0.05, 0) is 38.3 Å². The molecule has 1 aliphatic carbocycles. The summed E-state index contributed by atoms with van der Waals surface area (Å²) in [6.45, 7) is 1.42. The number of rotatable bonds is 6. The van der Waals surface area contributed by atoms with Gasteiger partial charge in [-0.2, -0.15) is 0 Å². The van der Waals surface area contributed by atoms with Crippen molar-refractivity contribution in [3.63, 3.8) is 0 Å². The van der Waals surface area contributed by atoms with Crippen LogP contribution in [0.4, 0.5) is 0 Å². The molecule has 2 aliphatic rings. The highest BCUT2D eigenvalue weighted by Gasteiger charge is 2.30. The Kier molecular flexibility index (Phi) is 6.19. The Morgan fingerprint density at radius 1 is 1.12 bits per heavy atom. The SMILES string of the molecule is COc1ccc(C2CCCN2CC(=O)NC2CCCCC2)c(OC)c1. The fourth-order valence-electron chi connectivity index (χ4n) is 4.17. The molecule has 5 heteroatoms. The Balaban J connectivity index is 1.65. The van der Waals surface area contributed by atoms with Crippen molar-refractivity contribution >= 4 is 5.91 Å². The van der Waals surface area contributed by atoms with Crippen molar-refractivity contribution in [1.29, 1.82) is 0 Å². The molecule has 1 atom stereocenters. The van der Waals surface area contributed by atoms with Crippen LogP contribution in [0.5, 0.6) is 11.5 Å². The zero-order chi connectivity index (χ0) is 17.6. The molecule has 1 aromatic rings. The van der Waals surface area contributed by atoms with E-state index in [0.29, 0.717) is 12.6 Å². The number of likely N-dealkylation sites (tertiary alicyclic amines) is 1. The number of nitrogens with one attached hydrogen (secondary N) is 1. The highest BCUT2D eigenvalue weighted by molar-refractivity contribution is 5.78. The molecule has 1 aliphatic heterocycles. The normalized spacial score (nSPS) is 21.9. The monoisotopic (exact) mass is 346 g/mol. The van der Waals surface area contributed by atoms with Crippen molar-refractivity contribution in [3.8, 4) is 11.5 Å². The number of hydrogen-bond acceptors (Lipinski definition) is 4. The molecule has 2 fully saturated rings. The lowest BCUT2D eigenvalue weighted by molar-refractivity contribution is -0.123. The minimum Gasteiger partial charge on any atom is -0.497 e. The molecule has 1 heterocycles. The molecule has 1 aromatic carbocycles. The summed E-state index contributed by atoms with van der Waals surface area (Å²) >= 11 is 0. The molecule has 1 unspecified atom stereocenters. The zero-order valence-corrected chi connectivity index (χ0v) is 15.4. The van der Waals surface area contributed by atoms with E-state index in [2.05, 4.69) is 16.3 Å². The lowest BCUT2D eigenvalue weighted by Gasteiger charge is -2.28. The van der Waals surface area contributed by atoms with E-state index in [1.807, 2.05) is 12.1 Å². The lowest BCUT2D eigenvalue weighted by atomic mass is 9.95.